The van der Waals surface area contributed by atoms with Gasteiger partial charge in [-0.15, -0.1) is 12.4 Å². The molecular formula is C18H24ClNO4. The number of ketones is 2. The molecule has 0 amide bonds. The summed E-state index contributed by atoms with van der Waals surface area (Å²) >= 11 is 0. The summed E-state index contributed by atoms with van der Waals surface area (Å²) in [7, 11) is 3.13. The van der Waals surface area contributed by atoms with Crippen LogP contribution < -0.4 is 9.47 Å². The van der Waals surface area contributed by atoms with E-state index >= 15 is 0 Å². The Morgan fingerprint density at radius 2 is 1.71 bits per heavy atom. The molecule has 3 aliphatic rings. The first-order valence-electron chi connectivity index (χ1n) is 8.16. The quantitative estimate of drug-likeness (QED) is 0.736. The molecule has 1 unspecified atom stereocenters. The van der Waals surface area contributed by atoms with Crippen molar-refractivity contribution in [3.8, 4) is 11.5 Å². The lowest BCUT2D eigenvalue weighted by Gasteiger charge is -2.44. The minimum atomic E-state index is -0.0704. The maximum atomic E-state index is 12.5. The summed E-state index contributed by atoms with van der Waals surface area (Å²) in [6, 6.07) is 5.12. The Labute approximate surface area is 148 Å². The minimum Gasteiger partial charge on any atom is -0.497 e. The summed E-state index contributed by atoms with van der Waals surface area (Å²) in [5, 5.41) is 0. The van der Waals surface area contributed by atoms with Gasteiger partial charge in [0.1, 0.15) is 11.5 Å². The average Bonchev–Trinajstić information content (AvgIpc) is 2.61. The Bertz CT molecular complexity index is 589. The van der Waals surface area contributed by atoms with Gasteiger partial charge in [-0.3, -0.25) is 14.5 Å². The Kier molecular flexibility index (Phi) is 6.24. The molecule has 4 rings (SSSR count). The molecule has 132 valence electrons. The van der Waals surface area contributed by atoms with E-state index in [9.17, 15) is 9.59 Å². The summed E-state index contributed by atoms with van der Waals surface area (Å²) in [4.78, 5) is 27.1. The Morgan fingerprint density at radius 3 is 2.21 bits per heavy atom. The highest BCUT2D eigenvalue weighted by Gasteiger charge is 2.40. The number of carbonyl (C=O) groups is 2. The first-order chi connectivity index (χ1) is 11.1. The van der Waals surface area contributed by atoms with Gasteiger partial charge in [0.15, 0.2) is 11.6 Å². The summed E-state index contributed by atoms with van der Waals surface area (Å²) in [5.74, 6) is 1.78. The van der Waals surface area contributed by atoms with Gasteiger partial charge in [0.05, 0.1) is 20.3 Å². The summed E-state index contributed by atoms with van der Waals surface area (Å²) < 4.78 is 10.4. The zero-order valence-corrected chi connectivity index (χ0v) is 14.9. The molecule has 0 N–H and O–H groups in total. The van der Waals surface area contributed by atoms with Gasteiger partial charge in [0, 0.05) is 24.0 Å². The van der Waals surface area contributed by atoms with E-state index in [1.165, 1.54) is 0 Å². The third-order valence-corrected chi connectivity index (χ3v) is 5.02. The highest BCUT2D eigenvalue weighted by molar-refractivity contribution is 5.97. The number of nitrogens with zero attached hydrogens (tertiary/aromatic N) is 1. The number of hydrogen-bond acceptors (Lipinski definition) is 5. The molecule has 0 radical (unpaired) electrons. The number of piperidine rings is 3. The van der Waals surface area contributed by atoms with Crippen molar-refractivity contribution in [1.29, 1.82) is 0 Å². The molecule has 1 aromatic carbocycles. The van der Waals surface area contributed by atoms with Crippen LogP contribution in [0.3, 0.4) is 0 Å². The number of methoxy groups -OCH3 is 2. The number of halogens is 1. The molecule has 6 heteroatoms. The van der Waals surface area contributed by atoms with Crippen molar-refractivity contribution in [1.82, 2.24) is 4.90 Å². The summed E-state index contributed by atoms with van der Waals surface area (Å²) in [6.45, 7) is 1.98. The fourth-order valence-corrected chi connectivity index (χ4v) is 3.65. The van der Waals surface area contributed by atoms with Crippen molar-refractivity contribution in [3.05, 3.63) is 23.8 Å². The van der Waals surface area contributed by atoms with Gasteiger partial charge in [-0.1, -0.05) is 0 Å². The monoisotopic (exact) mass is 353 g/mol. The van der Waals surface area contributed by atoms with Crippen LogP contribution in [0.25, 0.3) is 0 Å². The largest absolute Gasteiger partial charge is 0.497 e. The van der Waals surface area contributed by atoms with Crippen molar-refractivity contribution in [3.63, 3.8) is 0 Å². The molecule has 0 spiro atoms. The third-order valence-electron chi connectivity index (χ3n) is 5.02. The lowest BCUT2D eigenvalue weighted by atomic mass is 9.80. The number of fused-ring (bicyclic) bond motifs is 3. The van der Waals surface area contributed by atoms with Gasteiger partial charge in [0.2, 0.25) is 0 Å². The average molecular weight is 354 g/mol. The van der Waals surface area contributed by atoms with Crippen LogP contribution in [0, 0.1) is 5.92 Å². The molecular weight excluding hydrogens is 330 g/mol. The van der Waals surface area contributed by atoms with Crippen LogP contribution in [0.15, 0.2) is 18.2 Å². The van der Waals surface area contributed by atoms with E-state index in [1.54, 1.807) is 32.4 Å². The van der Waals surface area contributed by atoms with Gasteiger partial charge in [-0.05, 0) is 44.5 Å². The molecule has 0 aromatic heterocycles. The van der Waals surface area contributed by atoms with E-state index in [0.717, 1.165) is 25.9 Å². The van der Waals surface area contributed by atoms with E-state index in [-0.39, 0.29) is 30.2 Å². The van der Waals surface area contributed by atoms with Crippen molar-refractivity contribution in [2.75, 3.05) is 27.3 Å². The normalized spacial score (nSPS) is 25.1. The lowest BCUT2D eigenvalue weighted by Crippen LogP contribution is -2.55. The van der Waals surface area contributed by atoms with Crippen LogP contribution >= 0.6 is 12.4 Å². The SMILES string of the molecule is COc1cc(OC)cc(C(=O)CCC2C(=O)C3CCN2CC3)c1.Cl. The maximum Gasteiger partial charge on any atom is 0.163 e. The summed E-state index contributed by atoms with van der Waals surface area (Å²) in [6.07, 6.45) is 2.94. The second kappa shape index (κ2) is 7.99. The minimum absolute atomic E-state index is 0. The zero-order chi connectivity index (χ0) is 16.4. The zero-order valence-electron chi connectivity index (χ0n) is 14.1. The van der Waals surface area contributed by atoms with Gasteiger partial charge < -0.3 is 9.47 Å². The molecule has 1 atom stereocenters. The van der Waals surface area contributed by atoms with Crippen molar-refractivity contribution in [2.24, 2.45) is 5.92 Å². The smallest absolute Gasteiger partial charge is 0.163 e. The standard InChI is InChI=1S/C18H23NO4.ClH/c1-22-14-9-13(10-15(11-14)23-2)17(20)4-3-16-18(21)12-5-7-19(16)8-6-12;/h9-12,16H,3-8H2,1-2H3;1H. The maximum absolute atomic E-state index is 12.5. The molecule has 0 saturated carbocycles. The Hall–Kier alpha value is -1.59. The van der Waals surface area contributed by atoms with Crippen LogP contribution in [0.2, 0.25) is 0 Å². The van der Waals surface area contributed by atoms with Gasteiger partial charge in [-0.2, -0.15) is 0 Å². The molecule has 3 fully saturated rings. The van der Waals surface area contributed by atoms with Crippen LogP contribution in [-0.2, 0) is 4.79 Å². The van der Waals surface area contributed by atoms with Crippen LogP contribution in [0.4, 0.5) is 0 Å². The number of rotatable bonds is 6. The molecule has 2 bridgehead atoms. The second-order valence-electron chi connectivity index (χ2n) is 6.29. The van der Waals surface area contributed by atoms with Gasteiger partial charge in [0.25, 0.3) is 0 Å². The number of carbonyl (C=O) groups excluding carboxylic acids is 2. The van der Waals surface area contributed by atoms with Crippen LogP contribution in [0.1, 0.15) is 36.0 Å². The molecule has 3 aliphatic heterocycles. The van der Waals surface area contributed by atoms with Crippen LogP contribution in [0.5, 0.6) is 11.5 Å². The van der Waals surface area contributed by atoms with E-state index in [1.807, 2.05) is 0 Å². The first kappa shape index (κ1) is 18.7. The third kappa shape index (κ3) is 3.73. The Morgan fingerprint density at radius 1 is 1.12 bits per heavy atom. The molecule has 24 heavy (non-hydrogen) atoms. The molecule has 0 aliphatic carbocycles. The van der Waals surface area contributed by atoms with E-state index in [0.29, 0.717) is 35.7 Å². The molecule has 3 heterocycles. The first-order valence-corrected chi connectivity index (χ1v) is 8.16. The topological polar surface area (TPSA) is 55.8 Å². The Balaban J connectivity index is 0.00000208. The number of Topliss-reactive ketones (excluding diaryl/α,β-unsaturated/α-hetero) is 2. The second-order valence-corrected chi connectivity index (χ2v) is 6.29. The van der Waals surface area contributed by atoms with E-state index in [4.69, 9.17) is 9.47 Å². The molecule has 3 saturated heterocycles. The van der Waals surface area contributed by atoms with Gasteiger partial charge >= 0.3 is 0 Å². The highest BCUT2D eigenvalue weighted by Crippen LogP contribution is 2.31. The fourth-order valence-electron chi connectivity index (χ4n) is 3.65. The van der Waals surface area contributed by atoms with Crippen molar-refractivity contribution >= 4 is 24.0 Å². The predicted octanol–water partition coefficient (Wildman–Crippen LogP) is 2.75. The van der Waals surface area contributed by atoms with Gasteiger partial charge in [-0.25, -0.2) is 0 Å². The predicted molar refractivity (Wildman–Crippen MR) is 93.5 cm³/mol. The fraction of sp³-hybridized carbons (Fsp3) is 0.556. The molecule has 5 nitrogen and oxygen atoms in total. The number of benzene rings is 1. The van der Waals surface area contributed by atoms with E-state index in [2.05, 4.69) is 4.90 Å². The van der Waals surface area contributed by atoms with E-state index < -0.39 is 0 Å². The van der Waals surface area contributed by atoms with Crippen LogP contribution in [-0.4, -0.2) is 49.8 Å². The van der Waals surface area contributed by atoms with Crippen molar-refractivity contribution < 1.29 is 19.1 Å². The van der Waals surface area contributed by atoms with Crippen molar-refractivity contribution in [2.45, 2.75) is 31.7 Å². The number of ether oxygens (including phenoxy) is 2. The number of hydrogen-bond donors (Lipinski definition) is 0. The highest BCUT2D eigenvalue weighted by atomic mass is 35.5. The molecule has 1 aromatic rings. The lowest BCUT2D eigenvalue weighted by molar-refractivity contribution is -0.137. The summed E-state index contributed by atoms with van der Waals surface area (Å²) in [5.41, 5.74) is 0.574.